The molecule has 6 heterocycles. The van der Waals surface area contributed by atoms with Crippen molar-refractivity contribution in [2.75, 3.05) is 13.2 Å². The van der Waals surface area contributed by atoms with E-state index >= 15 is 0 Å². The summed E-state index contributed by atoms with van der Waals surface area (Å²) >= 11 is 0. The molecule has 0 bridgehead atoms. The number of rotatable bonds is 11. The molecule has 2 aliphatic rings. The second kappa shape index (κ2) is 19.2. The number of hydrogen-bond acceptors (Lipinski definition) is 6. The fraction of sp³-hybridized carbons (Fsp3) is 0.286. The van der Waals surface area contributed by atoms with Gasteiger partial charge in [0, 0.05) is 101 Å². The monoisotopic (exact) mass is 878 g/mol. The van der Waals surface area contributed by atoms with Crippen LogP contribution in [0.15, 0.2) is 67.3 Å². The minimum Gasteiger partial charge on any atom is -0.493 e. The third-order valence-corrected chi connectivity index (χ3v) is 10.3. The molecule has 0 unspecified atom stereocenters. The molecule has 2 radical (unpaired) electrons. The van der Waals surface area contributed by atoms with Gasteiger partial charge in [-0.15, -0.1) is 20.4 Å². The largest absolute Gasteiger partial charge is 0.493 e. The van der Waals surface area contributed by atoms with Crippen LogP contribution in [0.2, 0.25) is 0 Å². The predicted octanol–water partition coefficient (Wildman–Crippen LogP) is 8.15. The molecule has 8 nitrogen and oxygen atoms in total. The average Bonchev–Trinajstić information content (AvgIpc) is 4.00. The van der Waals surface area contributed by atoms with Crippen molar-refractivity contribution in [2.45, 2.75) is 63.7 Å². The smallest absolute Gasteiger partial charge is 0.164 e. The summed E-state index contributed by atoms with van der Waals surface area (Å²) in [5, 5.41) is 16.7. The predicted molar refractivity (Wildman–Crippen MR) is 198 cm³/mol. The van der Waals surface area contributed by atoms with Gasteiger partial charge in [-0.3, -0.25) is 8.80 Å². The van der Waals surface area contributed by atoms with Crippen molar-refractivity contribution in [3.05, 3.63) is 151 Å². The summed E-state index contributed by atoms with van der Waals surface area (Å²) in [6.07, 6.45) is 11.6. The van der Waals surface area contributed by atoms with Gasteiger partial charge in [-0.25, -0.2) is 33.8 Å². The van der Waals surface area contributed by atoms with Gasteiger partial charge in [0.15, 0.2) is 5.65 Å². The number of ether oxygens (including phenoxy) is 2. The summed E-state index contributed by atoms with van der Waals surface area (Å²) < 4.78 is 43.8. The van der Waals surface area contributed by atoms with Crippen molar-refractivity contribution >= 4 is 16.9 Å². The van der Waals surface area contributed by atoms with Crippen molar-refractivity contribution in [1.82, 2.24) is 29.2 Å². The zero-order valence-corrected chi connectivity index (χ0v) is 36.1. The minimum atomic E-state index is -0.162. The maximum Gasteiger partial charge on any atom is 0.164 e. The van der Waals surface area contributed by atoms with E-state index < -0.39 is 0 Å². The summed E-state index contributed by atoms with van der Waals surface area (Å²) in [6, 6.07) is 14.7. The van der Waals surface area contributed by atoms with Crippen LogP contribution in [0.1, 0.15) is 69.9 Å². The molecule has 0 saturated carbocycles. The molecule has 0 N–H and O–H groups in total. The van der Waals surface area contributed by atoms with Gasteiger partial charge >= 0.3 is 0 Å². The number of hydrogen-bond donors (Lipinski definition) is 0. The van der Waals surface area contributed by atoms with Crippen molar-refractivity contribution in [1.29, 1.82) is 0 Å². The van der Waals surface area contributed by atoms with Crippen molar-refractivity contribution in [2.24, 2.45) is 0 Å². The third-order valence-electron chi connectivity index (χ3n) is 10.3. The fourth-order valence-corrected chi connectivity index (χ4v) is 7.40. The van der Waals surface area contributed by atoms with Crippen molar-refractivity contribution in [3.63, 3.8) is 0 Å². The Morgan fingerprint density at radius 2 is 1.22 bits per heavy atom. The Bertz CT molecular complexity index is 2250. The summed E-state index contributed by atoms with van der Waals surface area (Å²) in [5.74, 6) is 1.58. The normalized spacial score (nSPS) is 13.1. The van der Waals surface area contributed by atoms with Gasteiger partial charge in [0.05, 0.1) is 13.2 Å². The van der Waals surface area contributed by atoms with E-state index in [1.165, 1.54) is 12.1 Å². The Labute approximate surface area is 366 Å². The van der Waals surface area contributed by atoms with E-state index in [1.807, 2.05) is 20.9 Å². The first kappa shape index (κ1) is 42.1. The van der Waals surface area contributed by atoms with Crippen LogP contribution in [0.3, 0.4) is 0 Å². The van der Waals surface area contributed by atoms with Crippen molar-refractivity contribution < 1.29 is 83.7 Å². The SMILES string of the molecule is [CH2-]C=C(C[CH2-])c1ccc(CCc2c(F)ccc3c2CCO3)n2cnnc12.[CH2-]CC(C[CH2-])c1ccc(CCc2c(F)ccc3c2CCO3)n2cnnc12.[Y].[Y]. The Morgan fingerprint density at radius 1 is 0.704 bits per heavy atom. The van der Waals surface area contributed by atoms with Gasteiger partial charge in [-0.2, -0.15) is 12.8 Å². The van der Waals surface area contributed by atoms with Gasteiger partial charge in [0.2, 0.25) is 0 Å². The van der Waals surface area contributed by atoms with Crippen LogP contribution in [-0.4, -0.2) is 42.4 Å². The Kier molecular flexibility index (Phi) is 15.0. The Hall–Kier alpha value is -3.04. The molecule has 4 aromatic heterocycles. The summed E-state index contributed by atoms with van der Waals surface area (Å²) in [5.41, 5.74) is 10.4. The van der Waals surface area contributed by atoms with Crippen LogP contribution in [0.25, 0.3) is 16.9 Å². The van der Waals surface area contributed by atoms with Gasteiger partial charge < -0.3 is 30.2 Å². The summed E-state index contributed by atoms with van der Waals surface area (Å²) in [6.45, 7) is 17.1. The molecular formula is C42H42F2N6O2Y2-4. The van der Waals surface area contributed by atoms with E-state index in [0.717, 1.165) is 98.8 Å². The number of pyridine rings is 2. The van der Waals surface area contributed by atoms with Crippen LogP contribution in [-0.2, 0) is 104 Å². The number of benzene rings is 2. The molecule has 276 valence electrons. The van der Waals surface area contributed by atoms with E-state index in [4.69, 9.17) is 9.47 Å². The first-order valence-electron chi connectivity index (χ1n) is 17.8. The molecule has 12 heteroatoms. The first-order chi connectivity index (χ1) is 25.4. The van der Waals surface area contributed by atoms with Crippen LogP contribution in [0.4, 0.5) is 8.78 Å². The van der Waals surface area contributed by atoms with Gasteiger partial charge in [0.1, 0.15) is 41.4 Å². The maximum atomic E-state index is 14.4. The van der Waals surface area contributed by atoms with Crippen molar-refractivity contribution in [3.8, 4) is 11.5 Å². The molecule has 0 saturated heterocycles. The molecule has 0 amide bonds. The van der Waals surface area contributed by atoms with Gasteiger partial charge in [-0.05, 0) is 78.8 Å². The Balaban J connectivity index is 0.000000200. The van der Waals surface area contributed by atoms with E-state index in [0.29, 0.717) is 45.3 Å². The van der Waals surface area contributed by atoms with Crippen LogP contribution >= 0.6 is 0 Å². The minimum absolute atomic E-state index is 0. The zero-order valence-electron chi connectivity index (χ0n) is 30.4. The molecular weight excluding hydrogens is 836 g/mol. The Morgan fingerprint density at radius 3 is 1.74 bits per heavy atom. The third kappa shape index (κ3) is 8.52. The van der Waals surface area contributed by atoms with E-state index in [1.54, 1.807) is 30.9 Å². The van der Waals surface area contributed by atoms with Gasteiger partial charge in [-0.1, -0.05) is 23.6 Å². The van der Waals surface area contributed by atoms with E-state index in [-0.39, 0.29) is 83.0 Å². The van der Waals surface area contributed by atoms with E-state index in [2.05, 4.69) is 60.2 Å². The molecule has 8 rings (SSSR count). The van der Waals surface area contributed by atoms with Gasteiger partial charge in [0.25, 0.3) is 0 Å². The second-order valence-electron chi connectivity index (χ2n) is 13.0. The number of aryl methyl sites for hydroxylation is 2. The molecule has 0 spiro atoms. The number of fused-ring (bicyclic) bond motifs is 4. The quantitative estimate of drug-likeness (QED) is 0.122. The molecule has 0 aliphatic carbocycles. The molecule has 0 fully saturated rings. The summed E-state index contributed by atoms with van der Waals surface area (Å²) in [7, 11) is 0. The standard InChI is InChI=1S/C21H22FN3O.C21H20FN3O.2Y/c2*1-3-14(4-2)16-7-5-15(25-13-23-24-21(16)25)6-8-17-18-11-12-26-20(18)10-9-19(17)22;;/h5,7,9-10,13-14H,1-4,6,8,11-12H2;3,5,7,9-10,13H,1-2,4,6,8,11-12H2;;/q2*-2;;. The number of nitrogens with zero attached hydrogens (tertiary/aromatic N) is 6. The maximum absolute atomic E-state index is 14.4. The zero-order chi connectivity index (χ0) is 36.2. The molecule has 0 atom stereocenters. The van der Waals surface area contributed by atoms with Crippen LogP contribution in [0.5, 0.6) is 11.5 Å². The summed E-state index contributed by atoms with van der Waals surface area (Å²) in [4.78, 5) is 0. The van der Waals surface area contributed by atoms with Crippen LogP contribution < -0.4 is 9.47 Å². The first-order valence-corrected chi connectivity index (χ1v) is 17.8. The van der Waals surface area contributed by atoms with Crippen LogP contribution in [0, 0.1) is 39.3 Å². The van der Waals surface area contributed by atoms with E-state index in [9.17, 15) is 8.78 Å². The second-order valence-corrected chi connectivity index (χ2v) is 13.0. The molecule has 6 aromatic rings. The fourth-order valence-electron chi connectivity index (χ4n) is 7.40. The molecule has 2 aliphatic heterocycles. The molecule has 2 aromatic carbocycles. The molecule has 54 heavy (non-hydrogen) atoms. The number of allylic oxidation sites excluding steroid dienone is 2. The topological polar surface area (TPSA) is 78.8 Å². The number of halogens is 2. The average molecular weight is 879 g/mol. The number of aromatic nitrogens is 6.